The van der Waals surface area contributed by atoms with E-state index in [0.29, 0.717) is 39.3 Å². The van der Waals surface area contributed by atoms with Crippen molar-refractivity contribution in [2.45, 2.75) is 45.3 Å². The van der Waals surface area contributed by atoms with Crippen LogP contribution in [0.3, 0.4) is 0 Å². The van der Waals surface area contributed by atoms with Gasteiger partial charge in [-0.2, -0.15) is 0 Å². The largest absolute Gasteiger partial charge is 0.467 e. The number of halogens is 1. The average molecular weight is 410 g/mol. The second-order valence-corrected chi connectivity index (χ2v) is 7.16. The van der Waals surface area contributed by atoms with Crippen molar-refractivity contribution < 1.29 is 23.3 Å². The third kappa shape index (κ3) is 7.13. The zero-order valence-corrected chi connectivity index (χ0v) is 17.2. The molecule has 0 saturated carbocycles. The summed E-state index contributed by atoms with van der Waals surface area (Å²) in [6.07, 6.45) is 3.98. The summed E-state index contributed by atoms with van der Waals surface area (Å²) in [6, 6.07) is 3.00. The lowest BCUT2D eigenvalue weighted by molar-refractivity contribution is -0.0172. The predicted octanol–water partition coefficient (Wildman–Crippen LogP) is 2.38. The Balaban J connectivity index is 1.39. The van der Waals surface area contributed by atoms with Crippen molar-refractivity contribution in [3.8, 4) is 5.75 Å². The molecule has 1 aromatic carbocycles. The first-order chi connectivity index (χ1) is 14.3. The average Bonchev–Trinajstić information content (AvgIpc) is 3.24. The van der Waals surface area contributed by atoms with Crippen molar-refractivity contribution in [1.29, 1.82) is 0 Å². The van der Waals surface area contributed by atoms with Gasteiger partial charge in [0.2, 0.25) is 0 Å². The Hall–Kier alpha value is -1.90. The quantitative estimate of drug-likeness (QED) is 0.351. The first-order valence-electron chi connectivity index (χ1n) is 10.5. The number of guanidine groups is 1. The van der Waals surface area contributed by atoms with Crippen molar-refractivity contribution in [2.75, 3.05) is 46.2 Å². The molecular formula is C21H32FN3O4. The first kappa shape index (κ1) is 21.8. The third-order valence-electron chi connectivity index (χ3n) is 4.83. The summed E-state index contributed by atoms with van der Waals surface area (Å²) in [5.41, 5.74) is 1.60. The second kappa shape index (κ2) is 11.9. The predicted molar refractivity (Wildman–Crippen MR) is 109 cm³/mol. The second-order valence-electron chi connectivity index (χ2n) is 7.16. The lowest BCUT2D eigenvalue weighted by Crippen LogP contribution is -2.38. The fourth-order valence-corrected chi connectivity index (χ4v) is 3.45. The molecule has 2 N–H and O–H groups in total. The highest BCUT2D eigenvalue weighted by Crippen LogP contribution is 2.29. The van der Waals surface area contributed by atoms with Gasteiger partial charge in [0.05, 0.1) is 19.3 Å². The van der Waals surface area contributed by atoms with E-state index in [4.69, 9.17) is 18.9 Å². The van der Waals surface area contributed by atoms with Crippen LogP contribution >= 0.6 is 0 Å². The van der Waals surface area contributed by atoms with Gasteiger partial charge in [-0.15, -0.1) is 0 Å². The van der Waals surface area contributed by atoms with E-state index < -0.39 is 0 Å². The van der Waals surface area contributed by atoms with E-state index in [1.165, 1.54) is 12.1 Å². The summed E-state index contributed by atoms with van der Waals surface area (Å²) in [5, 5.41) is 6.53. The van der Waals surface area contributed by atoms with Crippen molar-refractivity contribution in [3.05, 3.63) is 29.1 Å². The number of benzene rings is 1. The van der Waals surface area contributed by atoms with E-state index in [-0.39, 0.29) is 18.7 Å². The van der Waals surface area contributed by atoms with E-state index in [9.17, 15) is 4.39 Å². The molecule has 162 valence electrons. The molecule has 0 radical (unpaired) electrons. The smallest absolute Gasteiger partial charge is 0.191 e. The molecule has 0 amide bonds. The van der Waals surface area contributed by atoms with Crippen molar-refractivity contribution in [1.82, 2.24) is 10.6 Å². The minimum Gasteiger partial charge on any atom is -0.467 e. The maximum absolute atomic E-state index is 13.8. The fraction of sp³-hybridized carbons (Fsp3) is 0.667. The molecule has 0 aromatic heterocycles. The van der Waals surface area contributed by atoms with E-state index in [1.807, 2.05) is 6.92 Å². The summed E-state index contributed by atoms with van der Waals surface area (Å²) < 4.78 is 35.8. The Morgan fingerprint density at radius 2 is 2.28 bits per heavy atom. The lowest BCUT2D eigenvalue weighted by atomic mass is 10.1. The highest BCUT2D eigenvalue weighted by atomic mass is 19.1. The molecule has 1 fully saturated rings. The molecular weight excluding hydrogens is 377 g/mol. The van der Waals surface area contributed by atoms with Crippen LogP contribution in [0, 0.1) is 5.82 Å². The zero-order valence-electron chi connectivity index (χ0n) is 17.2. The van der Waals surface area contributed by atoms with Crippen LogP contribution in [0.15, 0.2) is 17.1 Å². The van der Waals surface area contributed by atoms with E-state index in [2.05, 4.69) is 15.6 Å². The number of ether oxygens (including phenoxy) is 4. The lowest BCUT2D eigenvalue weighted by Gasteiger charge is -2.21. The van der Waals surface area contributed by atoms with Crippen molar-refractivity contribution >= 4 is 5.96 Å². The molecule has 2 heterocycles. The molecule has 1 unspecified atom stereocenters. The van der Waals surface area contributed by atoms with Crippen LogP contribution in [0.1, 0.15) is 37.3 Å². The monoisotopic (exact) mass is 409 g/mol. The van der Waals surface area contributed by atoms with Gasteiger partial charge in [-0.05, 0) is 50.3 Å². The molecule has 29 heavy (non-hydrogen) atoms. The van der Waals surface area contributed by atoms with Crippen LogP contribution in [-0.4, -0.2) is 58.3 Å². The molecule has 1 saturated heterocycles. The van der Waals surface area contributed by atoms with E-state index >= 15 is 0 Å². The molecule has 1 atom stereocenters. The minimum atomic E-state index is -0.267. The summed E-state index contributed by atoms with van der Waals surface area (Å²) >= 11 is 0. The van der Waals surface area contributed by atoms with Gasteiger partial charge in [0, 0.05) is 38.4 Å². The van der Waals surface area contributed by atoms with Gasteiger partial charge < -0.3 is 29.6 Å². The number of hydrogen-bond acceptors (Lipinski definition) is 5. The van der Waals surface area contributed by atoms with E-state index in [0.717, 1.165) is 55.3 Å². The molecule has 7 nitrogen and oxygen atoms in total. The third-order valence-corrected chi connectivity index (χ3v) is 4.83. The number of rotatable bonds is 10. The summed E-state index contributed by atoms with van der Waals surface area (Å²) in [5.74, 6) is 1.22. The highest BCUT2D eigenvalue weighted by molar-refractivity contribution is 5.79. The van der Waals surface area contributed by atoms with Crippen LogP contribution in [0.4, 0.5) is 4.39 Å². The van der Waals surface area contributed by atoms with Crippen LogP contribution in [0.2, 0.25) is 0 Å². The standard InChI is InChI=1S/C21H32FN3O4/c1-2-23-21(24-7-4-9-26-14-19-5-3-10-28-19)25-8-6-16-11-18(22)12-17-13-27-15-29-20(16)17/h11-12,19H,2-10,13-15H2,1H3,(H2,23,24,25). The number of hydrogen-bond donors (Lipinski definition) is 2. The summed E-state index contributed by atoms with van der Waals surface area (Å²) in [6.45, 7) is 6.90. The van der Waals surface area contributed by atoms with Crippen molar-refractivity contribution in [2.24, 2.45) is 4.99 Å². The fourth-order valence-electron chi connectivity index (χ4n) is 3.45. The number of nitrogens with zero attached hydrogens (tertiary/aromatic N) is 1. The Morgan fingerprint density at radius 3 is 3.10 bits per heavy atom. The molecule has 3 rings (SSSR count). The van der Waals surface area contributed by atoms with Gasteiger partial charge in [-0.25, -0.2) is 4.39 Å². The maximum Gasteiger partial charge on any atom is 0.191 e. The van der Waals surface area contributed by atoms with Crippen LogP contribution < -0.4 is 15.4 Å². The Bertz CT molecular complexity index is 666. The minimum absolute atomic E-state index is 0.206. The summed E-state index contributed by atoms with van der Waals surface area (Å²) in [7, 11) is 0. The zero-order chi connectivity index (χ0) is 20.3. The Morgan fingerprint density at radius 1 is 1.34 bits per heavy atom. The van der Waals surface area contributed by atoms with Crippen LogP contribution in [0.25, 0.3) is 0 Å². The number of nitrogens with one attached hydrogen (secondary N) is 2. The number of fused-ring (bicyclic) bond motifs is 1. The van der Waals surface area contributed by atoms with Gasteiger partial charge in [-0.1, -0.05) is 0 Å². The van der Waals surface area contributed by atoms with Crippen LogP contribution in [-0.2, 0) is 27.2 Å². The van der Waals surface area contributed by atoms with Gasteiger partial charge in [0.25, 0.3) is 0 Å². The van der Waals surface area contributed by atoms with Gasteiger partial charge in [0.15, 0.2) is 12.8 Å². The van der Waals surface area contributed by atoms with Gasteiger partial charge >= 0.3 is 0 Å². The van der Waals surface area contributed by atoms with Gasteiger partial charge in [-0.3, -0.25) is 4.99 Å². The molecule has 0 spiro atoms. The molecule has 1 aromatic rings. The molecule has 0 aliphatic carbocycles. The Labute approximate surface area is 172 Å². The van der Waals surface area contributed by atoms with E-state index in [1.54, 1.807) is 0 Å². The molecule has 0 bridgehead atoms. The Kier molecular flexibility index (Phi) is 8.98. The summed E-state index contributed by atoms with van der Waals surface area (Å²) in [4.78, 5) is 4.58. The molecule has 2 aliphatic heterocycles. The molecule has 2 aliphatic rings. The van der Waals surface area contributed by atoms with Gasteiger partial charge in [0.1, 0.15) is 11.6 Å². The number of aliphatic imine (C=N–C) groups is 1. The molecule has 8 heteroatoms. The highest BCUT2D eigenvalue weighted by Gasteiger charge is 2.17. The topological polar surface area (TPSA) is 73.3 Å². The normalized spacial score (nSPS) is 19.0. The first-order valence-corrected chi connectivity index (χ1v) is 10.5. The van der Waals surface area contributed by atoms with Crippen molar-refractivity contribution in [3.63, 3.8) is 0 Å². The van der Waals surface area contributed by atoms with Crippen LogP contribution in [0.5, 0.6) is 5.75 Å². The maximum atomic E-state index is 13.8. The SMILES string of the molecule is CCNC(=NCCCOCC1CCCO1)NCCc1cc(F)cc2c1OCOC2.